The number of hydrogen-bond acceptors (Lipinski definition) is 4. The van der Waals surface area contributed by atoms with E-state index < -0.39 is 0 Å². The minimum Gasteiger partial charge on any atom is -0.394 e. The van der Waals surface area contributed by atoms with Crippen LogP contribution in [0.4, 0.5) is 10.5 Å². The van der Waals surface area contributed by atoms with Crippen LogP contribution >= 0.6 is 0 Å². The van der Waals surface area contributed by atoms with Crippen LogP contribution in [0.1, 0.15) is 18.1 Å². The van der Waals surface area contributed by atoms with Crippen molar-refractivity contribution in [1.82, 2.24) is 4.90 Å². The van der Waals surface area contributed by atoms with Gasteiger partial charge >= 0.3 is 6.03 Å². The molecule has 2 amide bonds. The lowest BCUT2D eigenvalue weighted by Crippen LogP contribution is -2.53. The van der Waals surface area contributed by atoms with Gasteiger partial charge in [-0.2, -0.15) is 5.26 Å². The number of rotatable bonds is 2. The van der Waals surface area contributed by atoms with Gasteiger partial charge in [-0.25, -0.2) is 4.79 Å². The second-order valence-electron chi connectivity index (χ2n) is 5.21. The van der Waals surface area contributed by atoms with Crippen LogP contribution < -0.4 is 5.32 Å². The van der Waals surface area contributed by atoms with Gasteiger partial charge in [0.2, 0.25) is 0 Å². The molecule has 0 aliphatic carbocycles. The Balaban J connectivity index is 2.12. The van der Waals surface area contributed by atoms with Crippen LogP contribution in [0.5, 0.6) is 0 Å². The number of aryl methyl sites for hydroxylation is 1. The van der Waals surface area contributed by atoms with Gasteiger partial charge < -0.3 is 20.1 Å². The minimum absolute atomic E-state index is 0.0627. The number of carbonyl (C=O) groups is 1. The van der Waals surface area contributed by atoms with Gasteiger partial charge in [-0.05, 0) is 31.5 Å². The molecule has 1 heterocycles. The second kappa shape index (κ2) is 6.57. The topological polar surface area (TPSA) is 85.6 Å². The molecule has 21 heavy (non-hydrogen) atoms. The van der Waals surface area contributed by atoms with Gasteiger partial charge in [-0.1, -0.05) is 6.07 Å². The summed E-state index contributed by atoms with van der Waals surface area (Å²) in [6.07, 6.45) is -0.349. The number of aliphatic hydroxyl groups is 1. The van der Waals surface area contributed by atoms with Crippen molar-refractivity contribution in [2.45, 2.75) is 26.0 Å². The van der Waals surface area contributed by atoms with Gasteiger partial charge in [0.1, 0.15) is 0 Å². The largest absolute Gasteiger partial charge is 0.394 e. The number of anilines is 1. The molecule has 6 nitrogen and oxygen atoms in total. The van der Waals surface area contributed by atoms with Crippen LogP contribution in [0, 0.1) is 18.3 Å². The highest BCUT2D eigenvalue weighted by molar-refractivity contribution is 5.90. The van der Waals surface area contributed by atoms with Crippen molar-refractivity contribution in [2.24, 2.45) is 0 Å². The summed E-state index contributed by atoms with van der Waals surface area (Å²) in [5, 5.41) is 20.9. The van der Waals surface area contributed by atoms with Crippen molar-refractivity contribution in [1.29, 1.82) is 5.26 Å². The summed E-state index contributed by atoms with van der Waals surface area (Å²) >= 11 is 0. The van der Waals surface area contributed by atoms with Crippen LogP contribution in [-0.4, -0.2) is 47.9 Å². The van der Waals surface area contributed by atoms with E-state index in [2.05, 4.69) is 11.4 Å². The Morgan fingerprint density at radius 2 is 2.38 bits per heavy atom. The molecule has 0 aromatic heterocycles. The highest BCUT2D eigenvalue weighted by Gasteiger charge is 2.29. The average molecular weight is 289 g/mol. The van der Waals surface area contributed by atoms with Gasteiger partial charge in [0.15, 0.2) is 0 Å². The first-order chi connectivity index (χ1) is 10.0. The van der Waals surface area contributed by atoms with E-state index in [0.717, 1.165) is 5.56 Å². The van der Waals surface area contributed by atoms with E-state index >= 15 is 0 Å². The van der Waals surface area contributed by atoms with E-state index in [4.69, 9.17) is 15.1 Å². The molecule has 1 aliphatic rings. The van der Waals surface area contributed by atoms with Crippen molar-refractivity contribution >= 4 is 11.7 Å². The lowest BCUT2D eigenvalue weighted by molar-refractivity contribution is -0.0611. The number of ether oxygens (including phenoxy) is 1. The zero-order chi connectivity index (χ0) is 15.4. The van der Waals surface area contributed by atoms with Crippen LogP contribution in [-0.2, 0) is 4.74 Å². The fourth-order valence-electron chi connectivity index (χ4n) is 2.22. The molecule has 0 saturated carbocycles. The Kier molecular flexibility index (Phi) is 4.78. The number of aliphatic hydroxyl groups excluding tert-OH is 1. The third-order valence-electron chi connectivity index (χ3n) is 3.58. The normalized spacial score (nSPS) is 21.7. The molecule has 0 radical (unpaired) electrons. The number of benzene rings is 1. The van der Waals surface area contributed by atoms with Crippen molar-refractivity contribution in [3.05, 3.63) is 29.3 Å². The number of morpholine rings is 1. The predicted molar refractivity (Wildman–Crippen MR) is 77.9 cm³/mol. The standard InChI is InChI=1S/C15H19N3O3/c1-10-3-4-12(6-16)5-14(10)17-15(20)18-7-13(8-19)21-9-11(18)2/h3-5,11,13,19H,7-9H2,1-2H3,(H,17,20)/t11-,13-/m0/s1. The van der Waals surface area contributed by atoms with Crippen molar-refractivity contribution < 1.29 is 14.6 Å². The number of urea groups is 1. The SMILES string of the molecule is Cc1ccc(C#N)cc1NC(=O)N1C[C@@H](CO)OC[C@@H]1C. The number of amides is 2. The zero-order valence-electron chi connectivity index (χ0n) is 12.2. The second-order valence-corrected chi connectivity index (χ2v) is 5.21. The number of nitrogens with one attached hydrogen (secondary N) is 1. The van der Waals surface area contributed by atoms with Crippen LogP contribution in [0.15, 0.2) is 18.2 Å². The highest BCUT2D eigenvalue weighted by atomic mass is 16.5. The quantitative estimate of drug-likeness (QED) is 0.863. The molecule has 1 fully saturated rings. The van der Waals surface area contributed by atoms with E-state index in [9.17, 15) is 4.79 Å². The summed E-state index contributed by atoms with van der Waals surface area (Å²) in [4.78, 5) is 14.0. The van der Waals surface area contributed by atoms with Gasteiger partial charge in [0, 0.05) is 5.69 Å². The summed E-state index contributed by atoms with van der Waals surface area (Å²) in [5.74, 6) is 0. The summed E-state index contributed by atoms with van der Waals surface area (Å²) in [6.45, 7) is 4.40. The van der Waals surface area contributed by atoms with E-state index in [-0.39, 0.29) is 24.8 Å². The average Bonchev–Trinajstić information content (AvgIpc) is 2.49. The fraction of sp³-hybridized carbons (Fsp3) is 0.467. The molecule has 1 aromatic rings. The molecule has 0 unspecified atom stereocenters. The zero-order valence-corrected chi connectivity index (χ0v) is 12.2. The summed E-state index contributed by atoms with van der Waals surface area (Å²) in [7, 11) is 0. The minimum atomic E-state index is -0.349. The first-order valence-electron chi connectivity index (χ1n) is 6.86. The highest BCUT2D eigenvalue weighted by Crippen LogP contribution is 2.19. The molecule has 0 bridgehead atoms. The van der Waals surface area contributed by atoms with Crippen molar-refractivity contribution in [3.8, 4) is 6.07 Å². The van der Waals surface area contributed by atoms with Gasteiger partial charge in [0.25, 0.3) is 0 Å². The molecular weight excluding hydrogens is 270 g/mol. The number of hydrogen-bond donors (Lipinski definition) is 2. The Labute approximate surface area is 123 Å². The lowest BCUT2D eigenvalue weighted by Gasteiger charge is -2.37. The molecule has 112 valence electrons. The Bertz CT molecular complexity index is 568. The molecule has 1 saturated heterocycles. The number of nitriles is 1. The van der Waals surface area contributed by atoms with E-state index in [1.807, 2.05) is 13.8 Å². The fourth-order valence-corrected chi connectivity index (χ4v) is 2.22. The third-order valence-corrected chi connectivity index (χ3v) is 3.58. The van der Waals surface area contributed by atoms with Crippen LogP contribution in [0.3, 0.4) is 0 Å². The number of carbonyl (C=O) groups excluding carboxylic acids is 1. The molecule has 1 aliphatic heterocycles. The maximum Gasteiger partial charge on any atom is 0.322 e. The van der Waals surface area contributed by atoms with Crippen LogP contribution in [0.25, 0.3) is 0 Å². The molecule has 1 aromatic carbocycles. The van der Waals surface area contributed by atoms with E-state index in [0.29, 0.717) is 24.4 Å². The predicted octanol–water partition coefficient (Wildman–Crippen LogP) is 1.48. The summed E-state index contributed by atoms with van der Waals surface area (Å²) in [5.41, 5.74) is 2.01. The molecule has 2 rings (SSSR count). The molecule has 2 N–H and O–H groups in total. The smallest absolute Gasteiger partial charge is 0.322 e. The number of nitrogens with zero attached hydrogens (tertiary/aromatic N) is 2. The first kappa shape index (κ1) is 15.3. The lowest BCUT2D eigenvalue weighted by atomic mass is 10.1. The Morgan fingerprint density at radius 1 is 1.62 bits per heavy atom. The van der Waals surface area contributed by atoms with Crippen molar-refractivity contribution in [3.63, 3.8) is 0 Å². The maximum absolute atomic E-state index is 12.4. The van der Waals surface area contributed by atoms with Gasteiger partial charge in [-0.15, -0.1) is 0 Å². The Hall–Kier alpha value is -2.10. The first-order valence-corrected chi connectivity index (χ1v) is 6.86. The molecule has 0 spiro atoms. The summed E-state index contributed by atoms with van der Waals surface area (Å²) in [6, 6.07) is 6.91. The van der Waals surface area contributed by atoms with E-state index in [1.165, 1.54) is 0 Å². The van der Waals surface area contributed by atoms with Gasteiger partial charge in [-0.3, -0.25) is 0 Å². The van der Waals surface area contributed by atoms with Crippen molar-refractivity contribution in [2.75, 3.05) is 25.1 Å². The molecule has 2 atom stereocenters. The maximum atomic E-state index is 12.4. The van der Waals surface area contributed by atoms with Gasteiger partial charge in [0.05, 0.1) is 43.5 Å². The Morgan fingerprint density at radius 3 is 3.05 bits per heavy atom. The monoisotopic (exact) mass is 289 g/mol. The van der Waals surface area contributed by atoms with Crippen LogP contribution in [0.2, 0.25) is 0 Å². The third kappa shape index (κ3) is 3.51. The molecule has 6 heteroatoms. The molecular formula is C15H19N3O3. The van der Waals surface area contributed by atoms with E-state index in [1.54, 1.807) is 23.1 Å². The summed E-state index contributed by atoms with van der Waals surface area (Å²) < 4.78 is 5.42.